The number of hydrogen-bond acceptors (Lipinski definition) is 3. The molecule has 0 rings (SSSR count). The molecule has 0 aromatic rings. The minimum absolute atomic E-state index is 0.360. The molecule has 0 atom stereocenters. The van der Waals surface area contributed by atoms with E-state index < -0.39 is 5.97 Å². The van der Waals surface area contributed by atoms with E-state index in [1.54, 1.807) is 6.92 Å². The van der Waals surface area contributed by atoms with E-state index in [-0.39, 0.29) is 0 Å². The van der Waals surface area contributed by atoms with Crippen LogP contribution in [0, 0.1) is 0 Å². The molecule has 0 bridgehead atoms. The maximum Gasteiger partial charge on any atom is 0.358 e. The molecule has 0 radical (unpaired) electrons. The van der Waals surface area contributed by atoms with Crippen molar-refractivity contribution in [2.75, 3.05) is 13.1 Å². The number of carbonyl (C=O) groups excluding carboxylic acids is 1. The largest absolute Gasteiger partial charge is 0.358 e. The Hall–Kier alpha value is -1.52. The van der Waals surface area contributed by atoms with Crippen molar-refractivity contribution in [2.45, 2.75) is 85.0 Å². The second-order valence-electron chi connectivity index (χ2n) is 6.26. The summed E-state index contributed by atoms with van der Waals surface area (Å²) in [6, 6.07) is 0. The summed E-state index contributed by atoms with van der Waals surface area (Å²) in [5, 5.41) is 3.17. The van der Waals surface area contributed by atoms with Crippen LogP contribution < -0.4 is 10.8 Å². The molecular formula is C19H37N3O2. The molecule has 24 heavy (non-hydrogen) atoms. The predicted molar refractivity (Wildman–Crippen MR) is 102 cm³/mol. The summed E-state index contributed by atoms with van der Waals surface area (Å²) in [6.45, 7) is 11.1. The van der Waals surface area contributed by atoms with Crippen LogP contribution in [0.5, 0.6) is 0 Å². The molecule has 5 nitrogen and oxygen atoms in total. The van der Waals surface area contributed by atoms with E-state index in [0.717, 1.165) is 32.4 Å². The van der Waals surface area contributed by atoms with E-state index in [2.05, 4.69) is 36.2 Å². The molecule has 0 aliphatic rings. The molecule has 0 unspecified atom stereocenters. The van der Waals surface area contributed by atoms with E-state index in [0.29, 0.717) is 11.5 Å². The van der Waals surface area contributed by atoms with Gasteiger partial charge < -0.3 is 10.2 Å². The van der Waals surface area contributed by atoms with Gasteiger partial charge in [-0.1, -0.05) is 71.8 Å². The summed E-state index contributed by atoms with van der Waals surface area (Å²) >= 11 is 0. The van der Waals surface area contributed by atoms with Crippen molar-refractivity contribution in [3.05, 3.63) is 12.2 Å². The first-order chi connectivity index (χ1) is 11.6. The van der Waals surface area contributed by atoms with Crippen LogP contribution in [0.4, 0.5) is 0 Å². The Kier molecular flexibility index (Phi) is 15.3. The van der Waals surface area contributed by atoms with Crippen LogP contribution in [0.3, 0.4) is 0 Å². The topological polar surface area (TPSA) is 62.7 Å². The van der Waals surface area contributed by atoms with E-state index in [1.807, 2.05) is 0 Å². The van der Waals surface area contributed by atoms with Gasteiger partial charge in [-0.25, -0.2) is 4.79 Å². The summed E-state index contributed by atoms with van der Waals surface area (Å²) in [7, 11) is 0. The number of unbranched alkanes of at least 4 members (excludes halogenated alkanes) is 8. The zero-order valence-electron chi connectivity index (χ0n) is 16.0. The zero-order valence-corrected chi connectivity index (χ0v) is 16.0. The van der Waals surface area contributed by atoms with Crippen LogP contribution in [-0.2, 0) is 9.63 Å². The molecule has 0 aromatic carbocycles. The van der Waals surface area contributed by atoms with Crippen LogP contribution in [-0.4, -0.2) is 25.0 Å². The molecule has 0 heterocycles. The van der Waals surface area contributed by atoms with Crippen LogP contribution >= 0.6 is 0 Å². The molecule has 0 fully saturated rings. The fraction of sp³-hybridized carbons (Fsp3) is 0.789. The fourth-order valence-corrected chi connectivity index (χ4v) is 2.13. The standard InChI is InChI=1S/C19H37N3O2/c1-5-7-9-10-11-12-13-14-16-21-19(20-15-8-6-2)22-24-18(23)17(3)4/h3,5-16H2,1-2,4H3,(H2,20,21,22). The second kappa shape index (κ2) is 16.3. The lowest BCUT2D eigenvalue weighted by Crippen LogP contribution is -2.39. The smallest absolute Gasteiger partial charge is 0.354 e. The van der Waals surface area contributed by atoms with Gasteiger partial charge in [-0.15, -0.1) is 0 Å². The number of carbonyl (C=O) groups is 1. The first-order valence-electron chi connectivity index (χ1n) is 9.52. The lowest BCUT2D eigenvalue weighted by Gasteiger charge is -2.11. The average Bonchev–Trinajstić information content (AvgIpc) is 2.57. The van der Waals surface area contributed by atoms with Gasteiger partial charge in [0.2, 0.25) is 5.96 Å². The van der Waals surface area contributed by atoms with Gasteiger partial charge in [-0.05, 0) is 19.8 Å². The van der Waals surface area contributed by atoms with Gasteiger partial charge in [-0.2, -0.15) is 5.48 Å². The Balaban J connectivity index is 3.96. The minimum Gasteiger partial charge on any atom is -0.354 e. The number of hydrogen-bond donors (Lipinski definition) is 2. The van der Waals surface area contributed by atoms with Crippen molar-refractivity contribution < 1.29 is 9.63 Å². The lowest BCUT2D eigenvalue weighted by molar-refractivity contribution is -0.143. The molecule has 2 N–H and O–H groups in total. The van der Waals surface area contributed by atoms with Gasteiger partial charge in [0.1, 0.15) is 0 Å². The monoisotopic (exact) mass is 339 g/mol. The Bertz CT molecular complexity index is 368. The highest BCUT2D eigenvalue weighted by Gasteiger charge is 2.05. The number of nitrogens with one attached hydrogen (secondary N) is 2. The zero-order chi connectivity index (χ0) is 18.0. The van der Waals surface area contributed by atoms with Crippen molar-refractivity contribution in [2.24, 2.45) is 4.99 Å². The molecule has 5 heteroatoms. The summed E-state index contributed by atoms with van der Waals surface area (Å²) in [5.74, 6) is 0.0630. The molecule has 0 aliphatic heterocycles. The minimum atomic E-state index is -0.466. The SMILES string of the molecule is C=C(C)C(=O)ONC(=NCCCCCCCCCC)NCCCC. The van der Waals surface area contributed by atoms with Gasteiger partial charge in [0, 0.05) is 18.7 Å². The Morgan fingerprint density at radius 2 is 1.54 bits per heavy atom. The van der Waals surface area contributed by atoms with E-state index in [1.165, 1.54) is 44.9 Å². The molecule has 0 aromatic heterocycles. The van der Waals surface area contributed by atoms with Gasteiger partial charge >= 0.3 is 5.97 Å². The summed E-state index contributed by atoms with van der Waals surface area (Å²) in [6.07, 6.45) is 12.4. The molecular weight excluding hydrogens is 302 g/mol. The van der Waals surface area contributed by atoms with Crippen molar-refractivity contribution in [3.63, 3.8) is 0 Å². The van der Waals surface area contributed by atoms with Gasteiger partial charge in [0.05, 0.1) is 0 Å². The van der Waals surface area contributed by atoms with E-state index >= 15 is 0 Å². The van der Waals surface area contributed by atoms with Crippen LogP contribution in [0.2, 0.25) is 0 Å². The second-order valence-corrected chi connectivity index (χ2v) is 6.26. The fourth-order valence-electron chi connectivity index (χ4n) is 2.13. The van der Waals surface area contributed by atoms with Crippen molar-refractivity contribution in [1.82, 2.24) is 10.8 Å². The Labute approximate surface area is 148 Å². The number of guanidine groups is 1. The number of aliphatic imine (C=N–C) groups is 1. The van der Waals surface area contributed by atoms with Gasteiger partial charge in [-0.3, -0.25) is 4.99 Å². The van der Waals surface area contributed by atoms with Crippen molar-refractivity contribution >= 4 is 11.9 Å². The summed E-state index contributed by atoms with van der Waals surface area (Å²) in [4.78, 5) is 20.8. The molecule has 140 valence electrons. The van der Waals surface area contributed by atoms with E-state index in [4.69, 9.17) is 4.84 Å². The van der Waals surface area contributed by atoms with Crippen LogP contribution in [0.1, 0.15) is 85.0 Å². The third-order valence-corrected chi connectivity index (χ3v) is 3.69. The third-order valence-electron chi connectivity index (χ3n) is 3.69. The Morgan fingerprint density at radius 3 is 2.12 bits per heavy atom. The first-order valence-corrected chi connectivity index (χ1v) is 9.52. The molecule has 0 saturated heterocycles. The molecule has 0 aliphatic carbocycles. The highest BCUT2D eigenvalue weighted by Crippen LogP contribution is 2.08. The van der Waals surface area contributed by atoms with Gasteiger partial charge in [0.25, 0.3) is 0 Å². The van der Waals surface area contributed by atoms with E-state index in [9.17, 15) is 4.79 Å². The van der Waals surface area contributed by atoms with Crippen molar-refractivity contribution in [3.8, 4) is 0 Å². The highest BCUT2D eigenvalue weighted by molar-refractivity contribution is 5.88. The van der Waals surface area contributed by atoms with Gasteiger partial charge in [0.15, 0.2) is 0 Å². The highest BCUT2D eigenvalue weighted by atomic mass is 16.7. The van der Waals surface area contributed by atoms with Crippen LogP contribution in [0.15, 0.2) is 17.1 Å². The quantitative estimate of drug-likeness (QED) is 0.170. The summed E-state index contributed by atoms with van der Waals surface area (Å²) in [5.41, 5.74) is 2.97. The normalized spacial score (nSPS) is 11.2. The molecule has 0 saturated carbocycles. The number of hydroxylamine groups is 1. The number of rotatable bonds is 13. The number of nitrogens with zero attached hydrogens (tertiary/aromatic N) is 1. The first kappa shape index (κ1) is 22.5. The Morgan fingerprint density at radius 1 is 0.958 bits per heavy atom. The maximum atomic E-state index is 11.4. The average molecular weight is 340 g/mol. The third kappa shape index (κ3) is 14.1. The predicted octanol–water partition coefficient (Wildman–Crippen LogP) is 4.50. The van der Waals surface area contributed by atoms with Crippen molar-refractivity contribution in [1.29, 1.82) is 0 Å². The lowest BCUT2D eigenvalue weighted by atomic mass is 10.1. The molecule has 0 spiro atoms. The summed E-state index contributed by atoms with van der Waals surface area (Å²) < 4.78 is 0. The molecule has 0 amide bonds. The maximum absolute atomic E-state index is 11.4. The van der Waals surface area contributed by atoms with Crippen LogP contribution in [0.25, 0.3) is 0 Å².